The zero-order chi connectivity index (χ0) is 10.6. The van der Waals surface area contributed by atoms with Gasteiger partial charge in [0.2, 0.25) is 0 Å². The number of methoxy groups -OCH3 is 1. The maximum absolute atomic E-state index is 5.05. The number of hydrogen-bond acceptors (Lipinski definition) is 2. The molecule has 14 heavy (non-hydrogen) atoms. The Morgan fingerprint density at radius 3 is 2.36 bits per heavy atom. The molecule has 1 atom stereocenters. The zero-order valence-electron chi connectivity index (χ0n) is 10.1. The maximum Gasteiger partial charge on any atom is 0.0613 e. The Bertz CT molecular complexity index is 106. The molecule has 0 rings (SSSR count). The number of unbranched alkanes of at least 4 members (excludes halogenated alkanes) is 5. The predicted octanol–water partition coefficient (Wildman–Crippen LogP) is 2.97. The molecule has 1 N–H and O–H groups in total. The lowest BCUT2D eigenvalue weighted by Crippen LogP contribution is -2.30. The molecule has 0 aliphatic carbocycles. The minimum atomic E-state index is 0.496. The van der Waals surface area contributed by atoms with Crippen LogP contribution in [0.15, 0.2) is 0 Å². The summed E-state index contributed by atoms with van der Waals surface area (Å²) in [6.07, 6.45) is 8.21. The molecule has 0 aromatic rings. The van der Waals surface area contributed by atoms with E-state index in [1.165, 1.54) is 38.5 Å². The van der Waals surface area contributed by atoms with Crippen molar-refractivity contribution in [1.82, 2.24) is 5.32 Å². The van der Waals surface area contributed by atoms with Gasteiger partial charge in [0.1, 0.15) is 0 Å². The maximum atomic E-state index is 5.05. The summed E-state index contributed by atoms with van der Waals surface area (Å²) in [4.78, 5) is 0. The molecule has 0 bridgehead atoms. The Labute approximate surface area is 89.4 Å². The van der Waals surface area contributed by atoms with E-state index in [1.807, 2.05) is 0 Å². The Kier molecular flexibility index (Phi) is 10.9. The predicted molar refractivity (Wildman–Crippen MR) is 62.7 cm³/mol. The normalized spacial score (nSPS) is 13.1. The van der Waals surface area contributed by atoms with Crippen LogP contribution in [-0.2, 0) is 4.74 Å². The number of hydrogen-bond donors (Lipinski definition) is 1. The van der Waals surface area contributed by atoms with Crippen molar-refractivity contribution in [2.75, 3.05) is 20.3 Å². The molecule has 0 saturated heterocycles. The lowest BCUT2D eigenvalue weighted by Gasteiger charge is -2.12. The first-order chi connectivity index (χ1) is 6.81. The number of ether oxygens (including phenoxy) is 1. The minimum absolute atomic E-state index is 0.496. The average molecular weight is 201 g/mol. The largest absolute Gasteiger partial charge is 0.383 e. The van der Waals surface area contributed by atoms with Crippen molar-refractivity contribution >= 4 is 0 Å². The molecular formula is C12H27NO. The third-order valence-electron chi connectivity index (χ3n) is 2.44. The van der Waals surface area contributed by atoms with E-state index in [0.717, 1.165) is 13.2 Å². The molecule has 0 aliphatic heterocycles. The van der Waals surface area contributed by atoms with Crippen molar-refractivity contribution in [3.05, 3.63) is 0 Å². The van der Waals surface area contributed by atoms with Gasteiger partial charge in [-0.2, -0.15) is 0 Å². The summed E-state index contributed by atoms with van der Waals surface area (Å²) < 4.78 is 5.05. The molecular weight excluding hydrogens is 174 g/mol. The standard InChI is InChI=1S/C12H27NO/c1-4-5-6-7-8-9-10-13-12(2)11-14-3/h12-13H,4-11H2,1-3H3/t12-/m0/s1. The highest BCUT2D eigenvalue weighted by atomic mass is 16.5. The molecule has 0 spiro atoms. The summed E-state index contributed by atoms with van der Waals surface area (Å²) in [5.74, 6) is 0. The first-order valence-electron chi connectivity index (χ1n) is 6.03. The van der Waals surface area contributed by atoms with E-state index >= 15 is 0 Å². The van der Waals surface area contributed by atoms with E-state index in [4.69, 9.17) is 4.74 Å². The van der Waals surface area contributed by atoms with Crippen molar-refractivity contribution < 1.29 is 4.74 Å². The van der Waals surface area contributed by atoms with Gasteiger partial charge in [0.25, 0.3) is 0 Å². The van der Waals surface area contributed by atoms with Crippen LogP contribution in [-0.4, -0.2) is 26.3 Å². The van der Waals surface area contributed by atoms with Crippen LogP contribution in [0.3, 0.4) is 0 Å². The van der Waals surface area contributed by atoms with Gasteiger partial charge in [0, 0.05) is 13.2 Å². The molecule has 0 aliphatic rings. The van der Waals surface area contributed by atoms with Crippen LogP contribution in [0.5, 0.6) is 0 Å². The average Bonchev–Trinajstić information content (AvgIpc) is 2.17. The fourth-order valence-electron chi connectivity index (χ4n) is 1.56. The van der Waals surface area contributed by atoms with Gasteiger partial charge in [-0.25, -0.2) is 0 Å². The fourth-order valence-corrected chi connectivity index (χ4v) is 1.56. The van der Waals surface area contributed by atoms with E-state index in [2.05, 4.69) is 19.2 Å². The molecule has 0 saturated carbocycles. The number of rotatable bonds is 10. The molecule has 86 valence electrons. The summed E-state index contributed by atoms with van der Waals surface area (Å²) in [7, 11) is 1.75. The first-order valence-corrected chi connectivity index (χ1v) is 6.03. The molecule has 2 heteroatoms. The van der Waals surface area contributed by atoms with Gasteiger partial charge in [-0.15, -0.1) is 0 Å². The molecule has 0 amide bonds. The topological polar surface area (TPSA) is 21.3 Å². The van der Waals surface area contributed by atoms with Crippen LogP contribution in [0.2, 0.25) is 0 Å². The molecule has 0 aromatic heterocycles. The minimum Gasteiger partial charge on any atom is -0.383 e. The molecule has 0 heterocycles. The smallest absolute Gasteiger partial charge is 0.0613 e. The second kappa shape index (κ2) is 11.0. The highest BCUT2D eigenvalue weighted by molar-refractivity contribution is 4.58. The van der Waals surface area contributed by atoms with Gasteiger partial charge >= 0.3 is 0 Å². The highest BCUT2D eigenvalue weighted by Crippen LogP contribution is 2.04. The SMILES string of the molecule is CCCCCCCCN[C@@H](C)COC. The van der Waals surface area contributed by atoms with Crippen LogP contribution < -0.4 is 5.32 Å². The molecule has 0 radical (unpaired) electrons. The molecule has 2 nitrogen and oxygen atoms in total. The molecule has 0 aromatic carbocycles. The Morgan fingerprint density at radius 2 is 1.71 bits per heavy atom. The summed E-state index contributed by atoms with van der Waals surface area (Å²) in [6, 6.07) is 0.496. The summed E-state index contributed by atoms with van der Waals surface area (Å²) in [5.41, 5.74) is 0. The lowest BCUT2D eigenvalue weighted by molar-refractivity contribution is 0.172. The van der Waals surface area contributed by atoms with Gasteiger partial charge in [0.15, 0.2) is 0 Å². The van der Waals surface area contributed by atoms with Crippen molar-refractivity contribution in [3.63, 3.8) is 0 Å². The van der Waals surface area contributed by atoms with Crippen LogP contribution in [0, 0.1) is 0 Å². The Hall–Kier alpha value is -0.0800. The van der Waals surface area contributed by atoms with E-state index < -0.39 is 0 Å². The molecule has 0 fully saturated rings. The number of nitrogens with one attached hydrogen (secondary N) is 1. The van der Waals surface area contributed by atoms with Crippen LogP contribution in [0.25, 0.3) is 0 Å². The lowest BCUT2D eigenvalue weighted by atomic mass is 10.1. The summed E-state index contributed by atoms with van der Waals surface area (Å²) >= 11 is 0. The second-order valence-corrected chi connectivity index (χ2v) is 4.08. The first kappa shape index (κ1) is 13.9. The van der Waals surface area contributed by atoms with Gasteiger partial charge in [-0.3, -0.25) is 0 Å². The fraction of sp³-hybridized carbons (Fsp3) is 1.00. The third-order valence-corrected chi connectivity index (χ3v) is 2.44. The zero-order valence-corrected chi connectivity index (χ0v) is 10.1. The second-order valence-electron chi connectivity index (χ2n) is 4.08. The van der Waals surface area contributed by atoms with E-state index in [1.54, 1.807) is 7.11 Å². The third kappa shape index (κ3) is 10.0. The Balaban J connectivity index is 2.98. The van der Waals surface area contributed by atoms with Gasteiger partial charge in [0.05, 0.1) is 6.61 Å². The quantitative estimate of drug-likeness (QED) is 0.549. The summed E-state index contributed by atoms with van der Waals surface area (Å²) in [5, 5.41) is 3.45. The summed E-state index contributed by atoms with van der Waals surface area (Å²) in [6.45, 7) is 6.38. The van der Waals surface area contributed by atoms with E-state index in [-0.39, 0.29) is 0 Å². The van der Waals surface area contributed by atoms with E-state index in [9.17, 15) is 0 Å². The van der Waals surface area contributed by atoms with Crippen molar-refractivity contribution in [2.24, 2.45) is 0 Å². The van der Waals surface area contributed by atoms with E-state index in [0.29, 0.717) is 6.04 Å². The van der Waals surface area contributed by atoms with Gasteiger partial charge in [-0.1, -0.05) is 39.0 Å². The van der Waals surface area contributed by atoms with Crippen molar-refractivity contribution in [3.8, 4) is 0 Å². The van der Waals surface area contributed by atoms with Crippen molar-refractivity contribution in [2.45, 2.75) is 58.4 Å². The van der Waals surface area contributed by atoms with Gasteiger partial charge < -0.3 is 10.1 Å². The van der Waals surface area contributed by atoms with Crippen LogP contribution in [0.1, 0.15) is 52.4 Å². The van der Waals surface area contributed by atoms with Crippen LogP contribution in [0.4, 0.5) is 0 Å². The Morgan fingerprint density at radius 1 is 1.07 bits per heavy atom. The monoisotopic (exact) mass is 201 g/mol. The molecule has 0 unspecified atom stereocenters. The highest BCUT2D eigenvalue weighted by Gasteiger charge is 1.98. The van der Waals surface area contributed by atoms with Gasteiger partial charge in [-0.05, 0) is 19.9 Å². The van der Waals surface area contributed by atoms with Crippen molar-refractivity contribution in [1.29, 1.82) is 0 Å². The van der Waals surface area contributed by atoms with Crippen LogP contribution >= 0.6 is 0 Å².